The minimum atomic E-state index is -0.197. The number of nitrogens with zero attached hydrogens (tertiary/aromatic N) is 4. The monoisotopic (exact) mass is 396 g/mol. The highest BCUT2D eigenvalue weighted by atomic mass is 16.6. The zero-order chi connectivity index (χ0) is 20.4. The third kappa shape index (κ3) is 7.47. The van der Waals surface area contributed by atoms with Crippen LogP contribution in [-0.2, 0) is 4.74 Å². The standard InChI is InChI=1S/C20H40N6O2/c1-5-24-11-13-25(14-12-24)16-17(3)15-22-19(21-4)23-18-7-9-26(10-8-18)20(27)28-6-2/h17-18H,5-16H2,1-4H3,(H2,21,22,23). The van der Waals surface area contributed by atoms with Crippen LogP contribution in [0, 0.1) is 5.92 Å². The quantitative estimate of drug-likeness (QED) is 0.495. The van der Waals surface area contributed by atoms with Gasteiger partial charge in [-0.25, -0.2) is 4.79 Å². The third-order valence-electron chi connectivity index (χ3n) is 5.69. The Bertz CT molecular complexity index is 485. The van der Waals surface area contributed by atoms with E-state index in [-0.39, 0.29) is 6.09 Å². The van der Waals surface area contributed by atoms with E-state index < -0.39 is 0 Å². The summed E-state index contributed by atoms with van der Waals surface area (Å²) < 4.78 is 5.08. The zero-order valence-electron chi connectivity index (χ0n) is 18.2. The van der Waals surface area contributed by atoms with E-state index in [0.717, 1.165) is 51.5 Å². The number of amides is 1. The second-order valence-electron chi connectivity index (χ2n) is 7.90. The maximum atomic E-state index is 11.8. The minimum absolute atomic E-state index is 0.197. The van der Waals surface area contributed by atoms with Crippen molar-refractivity contribution >= 4 is 12.1 Å². The van der Waals surface area contributed by atoms with Crippen molar-refractivity contribution in [2.75, 3.05) is 72.6 Å². The maximum absolute atomic E-state index is 11.8. The summed E-state index contributed by atoms with van der Waals surface area (Å²) in [7, 11) is 1.82. The molecule has 0 radical (unpaired) electrons. The van der Waals surface area contributed by atoms with Gasteiger partial charge in [0, 0.05) is 65.4 Å². The summed E-state index contributed by atoms with van der Waals surface area (Å²) in [5.41, 5.74) is 0. The highest BCUT2D eigenvalue weighted by molar-refractivity contribution is 5.80. The average Bonchev–Trinajstić information content (AvgIpc) is 2.72. The van der Waals surface area contributed by atoms with Gasteiger partial charge in [0.05, 0.1) is 6.61 Å². The molecule has 2 aliphatic rings. The van der Waals surface area contributed by atoms with Gasteiger partial charge in [-0.05, 0) is 32.2 Å². The first-order valence-corrected chi connectivity index (χ1v) is 10.9. The average molecular weight is 397 g/mol. The molecule has 1 amide bonds. The maximum Gasteiger partial charge on any atom is 0.409 e. The van der Waals surface area contributed by atoms with Gasteiger partial charge < -0.3 is 30.1 Å². The van der Waals surface area contributed by atoms with Crippen molar-refractivity contribution in [1.82, 2.24) is 25.3 Å². The summed E-state index contributed by atoms with van der Waals surface area (Å²) in [4.78, 5) is 23.0. The second kappa shape index (κ2) is 12.1. The summed E-state index contributed by atoms with van der Waals surface area (Å²) in [5, 5.41) is 6.99. The number of piperazine rings is 1. The molecular formula is C20H40N6O2. The Kier molecular flexibility index (Phi) is 9.84. The Hall–Kier alpha value is -1.54. The lowest BCUT2D eigenvalue weighted by atomic mass is 10.1. The highest BCUT2D eigenvalue weighted by Crippen LogP contribution is 2.11. The third-order valence-corrected chi connectivity index (χ3v) is 5.69. The van der Waals surface area contributed by atoms with Gasteiger partial charge in [-0.2, -0.15) is 0 Å². The lowest BCUT2D eigenvalue weighted by Crippen LogP contribution is -2.51. The molecule has 0 aliphatic carbocycles. The first-order valence-electron chi connectivity index (χ1n) is 10.9. The van der Waals surface area contributed by atoms with Gasteiger partial charge >= 0.3 is 6.09 Å². The molecule has 0 bridgehead atoms. The lowest BCUT2D eigenvalue weighted by Gasteiger charge is -2.35. The molecule has 8 heteroatoms. The second-order valence-corrected chi connectivity index (χ2v) is 7.90. The lowest BCUT2D eigenvalue weighted by molar-refractivity contribution is 0.0963. The van der Waals surface area contributed by atoms with Gasteiger partial charge in [0.15, 0.2) is 5.96 Å². The molecule has 2 saturated heterocycles. The van der Waals surface area contributed by atoms with Crippen LogP contribution in [0.1, 0.15) is 33.6 Å². The molecule has 0 spiro atoms. The van der Waals surface area contributed by atoms with Crippen molar-refractivity contribution in [2.24, 2.45) is 10.9 Å². The first kappa shape index (κ1) is 22.7. The van der Waals surface area contributed by atoms with Crippen LogP contribution in [0.4, 0.5) is 4.79 Å². The molecule has 0 aromatic carbocycles. The minimum Gasteiger partial charge on any atom is -0.450 e. The molecular weight excluding hydrogens is 356 g/mol. The van der Waals surface area contributed by atoms with E-state index in [1.807, 2.05) is 14.0 Å². The smallest absolute Gasteiger partial charge is 0.409 e. The fraction of sp³-hybridized carbons (Fsp3) is 0.900. The van der Waals surface area contributed by atoms with Crippen LogP contribution in [0.3, 0.4) is 0 Å². The molecule has 2 rings (SSSR count). The fourth-order valence-corrected chi connectivity index (χ4v) is 3.87. The number of likely N-dealkylation sites (tertiary alicyclic amines) is 1. The number of ether oxygens (including phenoxy) is 1. The first-order chi connectivity index (χ1) is 13.5. The van der Waals surface area contributed by atoms with Crippen molar-refractivity contribution in [3.05, 3.63) is 0 Å². The molecule has 2 aliphatic heterocycles. The predicted octanol–water partition coefficient (Wildman–Crippen LogP) is 1.05. The Labute approximate surface area is 170 Å². The topological polar surface area (TPSA) is 72.4 Å². The molecule has 2 N–H and O–H groups in total. The summed E-state index contributed by atoms with van der Waals surface area (Å²) in [6.07, 6.45) is 1.63. The predicted molar refractivity (Wildman–Crippen MR) is 114 cm³/mol. The van der Waals surface area contributed by atoms with E-state index in [4.69, 9.17) is 4.74 Å². The molecule has 8 nitrogen and oxygen atoms in total. The molecule has 2 fully saturated rings. The van der Waals surface area contributed by atoms with Gasteiger partial charge in [0.2, 0.25) is 0 Å². The van der Waals surface area contributed by atoms with E-state index in [9.17, 15) is 4.79 Å². The number of piperidine rings is 1. The number of likely N-dealkylation sites (N-methyl/N-ethyl adjacent to an activating group) is 1. The SMILES string of the molecule is CCOC(=O)N1CCC(NC(=NC)NCC(C)CN2CCN(CC)CC2)CC1. The number of guanidine groups is 1. The van der Waals surface area contributed by atoms with Crippen LogP contribution < -0.4 is 10.6 Å². The van der Waals surface area contributed by atoms with Gasteiger partial charge in [0.25, 0.3) is 0 Å². The van der Waals surface area contributed by atoms with Crippen LogP contribution in [0.25, 0.3) is 0 Å². The van der Waals surface area contributed by atoms with Gasteiger partial charge in [-0.3, -0.25) is 4.99 Å². The van der Waals surface area contributed by atoms with Crippen LogP contribution in [0.2, 0.25) is 0 Å². The number of hydrogen-bond acceptors (Lipinski definition) is 5. The summed E-state index contributed by atoms with van der Waals surface area (Å²) in [6.45, 7) is 16.2. The van der Waals surface area contributed by atoms with Crippen molar-refractivity contribution in [3.8, 4) is 0 Å². The Morgan fingerprint density at radius 1 is 1.11 bits per heavy atom. The molecule has 2 heterocycles. The number of rotatable bonds is 7. The normalized spacial score (nSPS) is 21.4. The number of aliphatic imine (C=N–C) groups is 1. The number of carbonyl (C=O) groups is 1. The summed E-state index contributed by atoms with van der Waals surface area (Å²) >= 11 is 0. The number of hydrogen-bond donors (Lipinski definition) is 2. The van der Waals surface area contributed by atoms with E-state index in [1.165, 1.54) is 26.2 Å². The van der Waals surface area contributed by atoms with E-state index in [2.05, 4.69) is 39.3 Å². The van der Waals surface area contributed by atoms with Gasteiger partial charge in [-0.15, -0.1) is 0 Å². The molecule has 28 heavy (non-hydrogen) atoms. The molecule has 1 unspecified atom stereocenters. The Morgan fingerprint density at radius 3 is 2.32 bits per heavy atom. The Balaban J connectivity index is 1.64. The molecule has 0 aromatic rings. The number of carbonyl (C=O) groups excluding carboxylic acids is 1. The molecule has 1 atom stereocenters. The van der Waals surface area contributed by atoms with E-state index >= 15 is 0 Å². The van der Waals surface area contributed by atoms with Crippen molar-refractivity contribution in [1.29, 1.82) is 0 Å². The molecule has 0 saturated carbocycles. The van der Waals surface area contributed by atoms with E-state index in [0.29, 0.717) is 18.6 Å². The van der Waals surface area contributed by atoms with Gasteiger partial charge in [-0.1, -0.05) is 13.8 Å². The van der Waals surface area contributed by atoms with Gasteiger partial charge in [0.1, 0.15) is 0 Å². The van der Waals surface area contributed by atoms with Crippen LogP contribution in [0.5, 0.6) is 0 Å². The molecule has 0 aromatic heterocycles. The molecule has 162 valence electrons. The zero-order valence-corrected chi connectivity index (χ0v) is 18.2. The van der Waals surface area contributed by atoms with E-state index in [1.54, 1.807) is 4.90 Å². The highest BCUT2D eigenvalue weighted by Gasteiger charge is 2.24. The Morgan fingerprint density at radius 2 is 1.75 bits per heavy atom. The van der Waals surface area contributed by atoms with Crippen LogP contribution in [-0.4, -0.2) is 105 Å². The summed E-state index contributed by atoms with van der Waals surface area (Å²) in [5.74, 6) is 1.43. The number of nitrogens with one attached hydrogen (secondary N) is 2. The van der Waals surface area contributed by atoms with Crippen molar-refractivity contribution in [2.45, 2.75) is 39.7 Å². The van der Waals surface area contributed by atoms with Crippen molar-refractivity contribution < 1.29 is 9.53 Å². The van der Waals surface area contributed by atoms with Crippen LogP contribution in [0.15, 0.2) is 4.99 Å². The fourth-order valence-electron chi connectivity index (χ4n) is 3.87. The van der Waals surface area contributed by atoms with Crippen LogP contribution >= 0.6 is 0 Å². The largest absolute Gasteiger partial charge is 0.450 e. The summed E-state index contributed by atoms with van der Waals surface area (Å²) in [6, 6.07) is 0.342. The van der Waals surface area contributed by atoms with Crippen molar-refractivity contribution in [3.63, 3.8) is 0 Å².